The number of ether oxygens (including phenoxy) is 11. The maximum absolute atomic E-state index is 14.9. The number of methoxy groups -OCH3 is 1. The maximum Gasteiger partial charge on any atom is 0.315 e. The quantitative estimate of drug-likeness (QED) is 0.0391. The standard InChI is InChI=1S/C61H98O30/c1-56(2)31-10-13-60(6)32(9-8-24-25-18-57(3,54(79)81-7)14-16-61(25,17-15-59(24,60)5)55(80)91-53-42(75)37(70)35(68)27(20-63)83-53)58(31,4)12-11-33(56)87-49-43(76)38(71)46(28(21-64)84-49)89-51-45(78)40(73)48(30(23-66)86-51)90-52-44(77)39(72)47(29(22-65)85-52)88-50-41(74)36(69)34(67)26(19-62)82-50/h8,25-53,62-78H,9-23H2,1-7H3/t25-,26-,27-,28-,29-,30-,31+,32-,33?,34+,35-,36+,37+,38-,39-,40-,41-,42-,43-,44-,45-,46-,47-,48-,49+,50+,51+,52+,53+,57+,58+,59-,60-,61+/m1/s1. The summed E-state index contributed by atoms with van der Waals surface area (Å²) in [6.45, 7) is 8.79. The van der Waals surface area contributed by atoms with Crippen molar-refractivity contribution in [1.82, 2.24) is 0 Å². The summed E-state index contributed by atoms with van der Waals surface area (Å²) in [4.78, 5) is 28.5. The van der Waals surface area contributed by atoms with E-state index in [1.807, 2.05) is 6.92 Å². The van der Waals surface area contributed by atoms with E-state index in [0.717, 1.165) is 18.4 Å². The molecule has 91 heavy (non-hydrogen) atoms. The van der Waals surface area contributed by atoms with Crippen molar-refractivity contribution in [3.63, 3.8) is 0 Å². The lowest BCUT2D eigenvalue weighted by molar-refractivity contribution is -0.390. The van der Waals surface area contributed by atoms with Gasteiger partial charge in [0.05, 0.1) is 57.1 Å². The summed E-state index contributed by atoms with van der Waals surface area (Å²) in [6, 6.07) is 0. The molecule has 5 aliphatic carbocycles. The molecule has 30 nitrogen and oxygen atoms in total. The third-order valence-electron chi connectivity index (χ3n) is 24.0. The molecular formula is C61H98O30. The van der Waals surface area contributed by atoms with Crippen LogP contribution in [0.1, 0.15) is 106 Å². The Kier molecular flexibility index (Phi) is 21.0. The van der Waals surface area contributed by atoms with Gasteiger partial charge in [0, 0.05) is 0 Å². The highest BCUT2D eigenvalue weighted by Crippen LogP contribution is 2.76. The number of hydrogen-bond donors (Lipinski definition) is 17. The number of hydrogen-bond acceptors (Lipinski definition) is 30. The lowest BCUT2D eigenvalue weighted by Gasteiger charge is -2.71. The summed E-state index contributed by atoms with van der Waals surface area (Å²) in [5, 5.41) is 183. The van der Waals surface area contributed by atoms with Gasteiger partial charge in [0.25, 0.3) is 0 Å². The molecule has 10 aliphatic rings. The van der Waals surface area contributed by atoms with E-state index in [9.17, 15) is 96.4 Å². The van der Waals surface area contributed by atoms with Crippen LogP contribution in [0.2, 0.25) is 0 Å². The second-order valence-electron chi connectivity index (χ2n) is 29.0. The molecule has 0 amide bonds. The first kappa shape index (κ1) is 71.4. The summed E-state index contributed by atoms with van der Waals surface area (Å²) in [7, 11) is 1.34. The fourth-order valence-corrected chi connectivity index (χ4v) is 18.3. The number of allylic oxidation sites excluding steroid dienone is 2. The van der Waals surface area contributed by atoms with E-state index >= 15 is 0 Å². The van der Waals surface area contributed by atoms with Gasteiger partial charge in [-0.2, -0.15) is 0 Å². The first-order chi connectivity index (χ1) is 42.8. The Labute approximate surface area is 526 Å². The minimum Gasteiger partial charge on any atom is -0.469 e. The van der Waals surface area contributed by atoms with Crippen LogP contribution >= 0.6 is 0 Å². The van der Waals surface area contributed by atoms with Crippen LogP contribution in [-0.4, -0.2) is 299 Å². The highest BCUT2D eigenvalue weighted by atomic mass is 16.8. The molecule has 10 rings (SSSR count). The summed E-state index contributed by atoms with van der Waals surface area (Å²) in [6.07, 6.45) is -37.1. The second-order valence-corrected chi connectivity index (χ2v) is 29.0. The Morgan fingerprint density at radius 2 is 0.879 bits per heavy atom. The van der Waals surface area contributed by atoms with E-state index in [1.165, 1.54) is 7.11 Å². The molecule has 0 aromatic rings. The Morgan fingerprint density at radius 3 is 1.34 bits per heavy atom. The van der Waals surface area contributed by atoms with Crippen LogP contribution < -0.4 is 0 Å². The molecule has 17 N–H and O–H groups in total. The number of rotatable bonds is 16. The molecule has 0 bridgehead atoms. The van der Waals surface area contributed by atoms with Crippen molar-refractivity contribution < 1.29 is 149 Å². The predicted octanol–water partition coefficient (Wildman–Crippen LogP) is -5.06. The SMILES string of the molecule is COC(=O)[C@@]1(C)CC[C@]2(C(=O)O[C@@H]3O[C@H](CO)[C@@H](O)[C@H](O)[C@H]3O)CC[C@]3(C)C(=CC[C@@H]4[C@@]5(C)CCC(O[C@@H]6O[C@H](CO)[C@@H](O[C@@H]7O[C@H](CO)[C@@H](O[C@@H]8O[C@H](CO)[C@@H](O[C@@H]9O[C@H](CO)[C@H](O)[C@H](O)[C@H]9O)[C@H](O)[C@H]8O)[C@H](O)[C@H]7O)[C@H](O)[C@H]6O)C(C)(C)[C@@H]5CC[C@]43C)[C@H]2C1. The number of aliphatic hydroxyl groups is 17. The van der Waals surface area contributed by atoms with Crippen LogP contribution in [0, 0.1) is 50.2 Å². The van der Waals surface area contributed by atoms with Crippen molar-refractivity contribution in [3.05, 3.63) is 11.6 Å². The Hall–Kier alpha value is -2.36. The van der Waals surface area contributed by atoms with Gasteiger partial charge in [0.2, 0.25) is 6.29 Å². The Bertz CT molecular complexity index is 2560. The van der Waals surface area contributed by atoms with Crippen molar-refractivity contribution in [1.29, 1.82) is 0 Å². The van der Waals surface area contributed by atoms with Crippen LogP contribution in [0.15, 0.2) is 11.6 Å². The van der Waals surface area contributed by atoms with Gasteiger partial charge in [-0.3, -0.25) is 9.59 Å². The zero-order chi connectivity index (χ0) is 66.6. The summed E-state index contributed by atoms with van der Waals surface area (Å²) in [5.74, 6) is -1.42. The monoisotopic (exact) mass is 1310 g/mol. The van der Waals surface area contributed by atoms with Crippen molar-refractivity contribution in [2.45, 2.75) is 265 Å². The molecule has 0 spiro atoms. The van der Waals surface area contributed by atoms with E-state index in [-0.39, 0.29) is 35.5 Å². The third kappa shape index (κ3) is 11.9. The van der Waals surface area contributed by atoms with E-state index in [0.29, 0.717) is 38.5 Å². The molecule has 34 atom stereocenters. The fourth-order valence-electron chi connectivity index (χ4n) is 18.3. The van der Waals surface area contributed by atoms with E-state index in [2.05, 4.69) is 40.7 Å². The van der Waals surface area contributed by atoms with Crippen LogP contribution in [0.5, 0.6) is 0 Å². The first-order valence-electron chi connectivity index (χ1n) is 31.9. The molecule has 522 valence electrons. The van der Waals surface area contributed by atoms with Gasteiger partial charge in [-0.1, -0.05) is 46.3 Å². The number of aliphatic hydroxyl groups excluding tert-OH is 17. The largest absolute Gasteiger partial charge is 0.469 e. The molecular weight excluding hydrogens is 1210 g/mol. The van der Waals surface area contributed by atoms with Crippen LogP contribution in [0.25, 0.3) is 0 Å². The minimum absolute atomic E-state index is 0.0352. The van der Waals surface area contributed by atoms with Crippen LogP contribution in [0.4, 0.5) is 0 Å². The minimum atomic E-state index is -2.08. The van der Waals surface area contributed by atoms with E-state index < -0.39 is 232 Å². The molecule has 5 saturated heterocycles. The second kappa shape index (κ2) is 26.8. The Morgan fingerprint density at radius 1 is 0.462 bits per heavy atom. The molecule has 0 aromatic carbocycles. The van der Waals surface area contributed by atoms with Crippen molar-refractivity contribution in [3.8, 4) is 0 Å². The first-order valence-corrected chi connectivity index (χ1v) is 31.9. The third-order valence-corrected chi connectivity index (χ3v) is 24.0. The molecule has 5 aliphatic heterocycles. The topological polar surface area (TPSA) is 480 Å². The summed E-state index contributed by atoms with van der Waals surface area (Å²) >= 11 is 0. The van der Waals surface area contributed by atoms with Gasteiger partial charge in [0.15, 0.2) is 25.2 Å². The van der Waals surface area contributed by atoms with Gasteiger partial charge in [-0.05, 0) is 111 Å². The molecule has 1 unspecified atom stereocenters. The van der Waals surface area contributed by atoms with Gasteiger partial charge < -0.3 is 139 Å². The Balaban J connectivity index is 0.797. The van der Waals surface area contributed by atoms with E-state index in [4.69, 9.17) is 52.1 Å². The number of carbonyl (C=O) groups is 2. The highest BCUT2D eigenvalue weighted by molar-refractivity contribution is 5.81. The van der Waals surface area contributed by atoms with Crippen molar-refractivity contribution in [2.24, 2.45) is 50.2 Å². The number of carbonyl (C=O) groups excluding carboxylic acids is 2. The van der Waals surface area contributed by atoms with Crippen molar-refractivity contribution >= 4 is 11.9 Å². The van der Waals surface area contributed by atoms with Crippen molar-refractivity contribution in [2.75, 3.05) is 40.1 Å². The zero-order valence-electron chi connectivity index (χ0n) is 52.3. The lowest BCUT2D eigenvalue weighted by Crippen LogP contribution is -2.68. The fraction of sp³-hybridized carbons (Fsp3) is 0.934. The van der Waals surface area contributed by atoms with Gasteiger partial charge in [0.1, 0.15) is 122 Å². The van der Waals surface area contributed by atoms with E-state index in [1.54, 1.807) is 0 Å². The lowest BCUT2D eigenvalue weighted by atomic mass is 9.33. The van der Waals surface area contributed by atoms with Gasteiger partial charge in [-0.15, -0.1) is 0 Å². The molecule has 0 aromatic heterocycles. The maximum atomic E-state index is 14.9. The van der Waals surface area contributed by atoms with Crippen LogP contribution in [0.3, 0.4) is 0 Å². The molecule has 9 fully saturated rings. The summed E-state index contributed by atoms with van der Waals surface area (Å²) in [5.41, 5.74) is -2.77. The molecule has 0 radical (unpaired) electrons. The molecule has 5 heterocycles. The average molecular weight is 1310 g/mol. The van der Waals surface area contributed by atoms with Gasteiger partial charge in [-0.25, -0.2) is 0 Å². The smallest absolute Gasteiger partial charge is 0.315 e. The highest BCUT2D eigenvalue weighted by Gasteiger charge is 2.71. The molecule has 30 heteroatoms. The average Bonchev–Trinajstić information content (AvgIpc) is 0.679. The van der Waals surface area contributed by atoms with Gasteiger partial charge >= 0.3 is 11.9 Å². The number of fused-ring (bicyclic) bond motifs is 7. The summed E-state index contributed by atoms with van der Waals surface area (Å²) < 4.78 is 64.1. The van der Waals surface area contributed by atoms with Crippen LogP contribution in [-0.2, 0) is 61.7 Å². The number of esters is 2. The predicted molar refractivity (Wildman–Crippen MR) is 302 cm³/mol. The zero-order valence-corrected chi connectivity index (χ0v) is 52.3. The molecule has 4 saturated carbocycles. The normalized spacial score (nSPS) is 53.1.